The van der Waals surface area contributed by atoms with E-state index in [1.165, 1.54) is 0 Å². The van der Waals surface area contributed by atoms with Crippen molar-refractivity contribution < 1.29 is 19.1 Å². The molecule has 1 aromatic carbocycles. The Labute approximate surface area is 144 Å². The Morgan fingerprint density at radius 2 is 1.75 bits per heavy atom. The summed E-state index contributed by atoms with van der Waals surface area (Å²) in [5.41, 5.74) is 0.662. The topological polar surface area (TPSA) is 55.8 Å². The minimum absolute atomic E-state index is 0.111. The molecule has 0 aromatic heterocycles. The highest BCUT2D eigenvalue weighted by atomic mass is 16.6. The Kier molecular flexibility index (Phi) is 7.26. The summed E-state index contributed by atoms with van der Waals surface area (Å²) in [5, 5.41) is 0. The van der Waals surface area contributed by atoms with Gasteiger partial charge in [0.2, 0.25) is 0 Å². The van der Waals surface area contributed by atoms with Gasteiger partial charge in [0.25, 0.3) is 5.91 Å². The largest absolute Gasteiger partial charge is 0.481 e. The number of likely N-dealkylation sites (N-methyl/N-ethyl adjacent to an activating group) is 1. The van der Waals surface area contributed by atoms with Crippen molar-refractivity contribution in [1.29, 1.82) is 0 Å². The molecule has 5 nitrogen and oxygen atoms in total. The van der Waals surface area contributed by atoms with Gasteiger partial charge in [0.15, 0.2) is 6.10 Å². The van der Waals surface area contributed by atoms with E-state index < -0.39 is 11.7 Å². The van der Waals surface area contributed by atoms with Crippen molar-refractivity contribution in [2.45, 2.75) is 59.2 Å². The zero-order chi connectivity index (χ0) is 18.3. The van der Waals surface area contributed by atoms with E-state index in [2.05, 4.69) is 0 Å². The lowest BCUT2D eigenvalue weighted by atomic mass is 10.2. The van der Waals surface area contributed by atoms with Gasteiger partial charge in [0.05, 0.1) is 0 Å². The molecule has 134 valence electrons. The molecule has 0 aliphatic rings. The van der Waals surface area contributed by atoms with Crippen LogP contribution < -0.4 is 4.74 Å². The molecule has 0 radical (unpaired) electrons. The molecular weight excluding hydrogens is 306 g/mol. The number of nitrogens with zero attached hydrogens (tertiary/aromatic N) is 1. The monoisotopic (exact) mass is 335 g/mol. The fourth-order valence-electron chi connectivity index (χ4n) is 2.15. The van der Waals surface area contributed by atoms with Crippen LogP contribution in [0, 0.1) is 6.92 Å². The minimum atomic E-state index is -0.570. The summed E-state index contributed by atoms with van der Waals surface area (Å²) in [6, 6.07) is 7.58. The number of aryl methyl sites for hydroxylation is 1. The first-order valence-corrected chi connectivity index (χ1v) is 8.28. The SMILES string of the molecule is Cc1ccc(O[C@@H](C)C(=O)N(C)CCCC(=O)OC(C)(C)C)cc1. The van der Waals surface area contributed by atoms with Gasteiger partial charge in [-0.2, -0.15) is 0 Å². The van der Waals surface area contributed by atoms with Gasteiger partial charge in [-0.05, 0) is 53.2 Å². The average Bonchev–Trinajstić information content (AvgIpc) is 2.46. The Balaban J connectivity index is 2.38. The van der Waals surface area contributed by atoms with Crippen LogP contribution in [0.1, 0.15) is 46.1 Å². The molecular formula is C19H29NO4. The summed E-state index contributed by atoms with van der Waals surface area (Å²) >= 11 is 0. The lowest BCUT2D eigenvalue weighted by Gasteiger charge is -2.23. The quantitative estimate of drug-likeness (QED) is 0.717. The number of carbonyl (C=O) groups excluding carboxylic acids is 2. The highest BCUT2D eigenvalue weighted by molar-refractivity contribution is 5.80. The number of carbonyl (C=O) groups is 2. The molecule has 0 spiro atoms. The van der Waals surface area contributed by atoms with E-state index in [4.69, 9.17) is 9.47 Å². The van der Waals surface area contributed by atoms with Crippen LogP contribution in [0.3, 0.4) is 0 Å². The molecule has 0 saturated carbocycles. The van der Waals surface area contributed by atoms with Gasteiger partial charge < -0.3 is 14.4 Å². The van der Waals surface area contributed by atoms with Crippen LogP contribution in [-0.4, -0.2) is 42.1 Å². The zero-order valence-corrected chi connectivity index (χ0v) is 15.6. The third-order valence-corrected chi connectivity index (χ3v) is 3.35. The highest BCUT2D eigenvalue weighted by Crippen LogP contribution is 2.14. The van der Waals surface area contributed by atoms with E-state index in [0.717, 1.165) is 5.56 Å². The fraction of sp³-hybridized carbons (Fsp3) is 0.579. The van der Waals surface area contributed by atoms with Crippen LogP contribution in [0.2, 0.25) is 0 Å². The predicted molar refractivity (Wildman–Crippen MR) is 94.0 cm³/mol. The maximum Gasteiger partial charge on any atom is 0.306 e. The number of rotatable bonds is 7. The van der Waals surface area contributed by atoms with E-state index in [-0.39, 0.29) is 11.9 Å². The van der Waals surface area contributed by atoms with Crippen LogP contribution in [0.25, 0.3) is 0 Å². The normalized spacial score (nSPS) is 12.4. The fourth-order valence-corrected chi connectivity index (χ4v) is 2.15. The molecule has 5 heteroatoms. The summed E-state index contributed by atoms with van der Waals surface area (Å²) in [5.74, 6) is 0.315. The molecule has 0 fully saturated rings. The van der Waals surface area contributed by atoms with Gasteiger partial charge in [0.1, 0.15) is 11.4 Å². The van der Waals surface area contributed by atoms with E-state index in [9.17, 15) is 9.59 Å². The predicted octanol–water partition coefficient (Wildman–Crippen LogP) is 3.34. The first kappa shape index (κ1) is 20.0. The summed E-state index contributed by atoms with van der Waals surface area (Å²) in [4.78, 5) is 25.6. The average molecular weight is 335 g/mol. The number of amides is 1. The molecule has 0 unspecified atom stereocenters. The first-order chi connectivity index (χ1) is 11.1. The summed E-state index contributed by atoms with van der Waals surface area (Å²) in [6.45, 7) is 9.73. The first-order valence-electron chi connectivity index (χ1n) is 8.28. The van der Waals surface area contributed by atoms with Crippen LogP contribution in [0.5, 0.6) is 5.75 Å². The maximum absolute atomic E-state index is 12.3. The zero-order valence-electron chi connectivity index (χ0n) is 15.6. The van der Waals surface area contributed by atoms with Crippen LogP contribution in [0.15, 0.2) is 24.3 Å². The molecule has 1 aromatic rings. The van der Waals surface area contributed by atoms with E-state index in [1.54, 1.807) is 18.9 Å². The van der Waals surface area contributed by atoms with Crippen molar-refractivity contribution in [2.24, 2.45) is 0 Å². The molecule has 0 heterocycles. The second-order valence-corrected chi connectivity index (χ2v) is 7.02. The molecule has 0 aliphatic heterocycles. The Morgan fingerprint density at radius 3 is 2.29 bits per heavy atom. The van der Waals surface area contributed by atoms with Crippen molar-refractivity contribution in [1.82, 2.24) is 4.90 Å². The van der Waals surface area contributed by atoms with Crippen molar-refractivity contribution in [3.05, 3.63) is 29.8 Å². The second-order valence-electron chi connectivity index (χ2n) is 7.02. The van der Waals surface area contributed by atoms with Crippen molar-refractivity contribution in [3.8, 4) is 5.75 Å². The number of esters is 1. The number of ether oxygens (including phenoxy) is 2. The Bertz CT molecular complexity index is 545. The molecule has 0 bridgehead atoms. The van der Waals surface area contributed by atoms with Gasteiger partial charge in [-0.1, -0.05) is 17.7 Å². The van der Waals surface area contributed by atoms with Gasteiger partial charge in [-0.3, -0.25) is 9.59 Å². The second kappa shape index (κ2) is 8.71. The van der Waals surface area contributed by atoms with E-state index >= 15 is 0 Å². The van der Waals surface area contributed by atoms with Gasteiger partial charge in [-0.25, -0.2) is 0 Å². The molecule has 1 rings (SSSR count). The third-order valence-electron chi connectivity index (χ3n) is 3.35. The molecule has 0 N–H and O–H groups in total. The van der Waals surface area contributed by atoms with Gasteiger partial charge in [0, 0.05) is 20.0 Å². The highest BCUT2D eigenvalue weighted by Gasteiger charge is 2.20. The molecule has 0 aliphatic carbocycles. The molecule has 1 atom stereocenters. The van der Waals surface area contributed by atoms with Crippen molar-refractivity contribution >= 4 is 11.9 Å². The summed E-state index contributed by atoms with van der Waals surface area (Å²) < 4.78 is 10.9. The number of hydrogen-bond acceptors (Lipinski definition) is 4. The molecule has 1 amide bonds. The van der Waals surface area contributed by atoms with Crippen LogP contribution >= 0.6 is 0 Å². The van der Waals surface area contributed by atoms with Gasteiger partial charge in [-0.15, -0.1) is 0 Å². The third kappa shape index (κ3) is 7.49. The number of benzene rings is 1. The maximum atomic E-state index is 12.3. The van der Waals surface area contributed by atoms with E-state index in [1.807, 2.05) is 52.0 Å². The smallest absolute Gasteiger partial charge is 0.306 e. The molecule has 0 saturated heterocycles. The van der Waals surface area contributed by atoms with Crippen LogP contribution in [-0.2, 0) is 14.3 Å². The van der Waals surface area contributed by atoms with Crippen LogP contribution in [0.4, 0.5) is 0 Å². The van der Waals surface area contributed by atoms with Crippen molar-refractivity contribution in [2.75, 3.05) is 13.6 Å². The van der Waals surface area contributed by atoms with Gasteiger partial charge >= 0.3 is 5.97 Å². The standard InChI is InChI=1S/C19H29NO4/c1-14-9-11-16(12-10-14)23-15(2)18(22)20(6)13-7-8-17(21)24-19(3,4)5/h9-12,15H,7-8,13H2,1-6H3/t15-/m0/s1. The summed E-state index contributed by atoms with van der Waals surface area (Å²) in [6.07, 6.45) is 0.287. The lowest BCUT2D eigenvalue weighted by Crippen LogP contribution is -2.38. The van der Waals surface area contributed by atoms with Crippen molar-refractivity contribution in [3.63, 3.8) is 0 Å². The Hall–Kier alpha value is -2.04. The Morgan fingerprint density at radius 1 is 1.17 bits per heavy atom. The lowest BCUT2D eigenvalue weighted by molar-refractivity contribution is -0.155. The minimum Gasteiger partial charge on any atom is -0.481 e. The molecule has 24 heavy (non-hydrogen) atoms. The van der Waals surface area contributed by atoms with E-state index in [0.29, 0.717) is 25.1 Å². The number of hydrogen-bond donors (Lipinski definition) is 0. The summed E-state index contributed by atoms with van der Waals surface area (Å²) in [7, 11) is 1.71.